The van der Waals surface area contributed by atoms with E-state index in [-0.39, 0.29) is 31.1 Å². The summed E-state index contributed by atoms with van der Waals surface area (Å²) in [7, 11) is 0. The molecule has 0 spiro atoms. The molecule has 0 aliphatic rings. The number of hydrogen-bond donors (Lipinski definition) is 0. The highest BCUT2D eigenvalue weighted by atomic mass is 16.6. The number of ether oxygens (including phenoxy) is 3. The van der Waals surface area contributed by atoms with Gasteiger partial charge in [-0.3, -0.25) is 14.4 Å². The van der Waals surface area contributed by atoms with Gasteiger partial charge in [-0.1, -0.05) is 254 Å². The summed E-state index contributed by atoms with van der Waals surface area (Å²) in [5.41, 5.74) is 0. The Hall–Kier alpha value is -3.15. The Kier molecular flexibility index (Phi) is 54.8. The van der Waals surface area contributed by atoms with Gasteiger partial charge in [-0.2, -0.15) is 0 Å². The highest BCUT2D eigenvalue weighted by Gasteiger charge is 2.19. The van der Waals surface area contributed by atoms with Gasteiger partial charge in [-0.25, -0.2) is 0 Å². The molecule has 0 aromatic heterocycles. The Labute approximate surface area is 427 Å². The van der Waals surface area contributed by atoms with Crippen LogP contribution in [0.25, 0.3) is 0 Å². The Balaban J connectivity index is 4.21. The summed E-state index contributed by atoms with van der Waals surface area (Å²) in [5, 5.41) is 0. The van der Waals surface area contributed by atoms with E-state index in [4.69, 9.17) is 14.2 Å². The van der Waals surface area contributed by atoms with E-state index < -0.39 is 6.10 Å². The number of allylic oxidation sites excluding steroid dienone is 12. The molecule has 6 nitrogen and oxygen atoms in total. The highest BCUT2D eigenvalue weighted by molar-refractivity contribution is 5.71. The van der Waals surface area contributed by atoms with E-state index in [0.717, 1.165) is 103 Å². The molecular formula is C63H110O6. The zero-order valence-electron chi connectivity index (χ0n) is 45.6. The minimum absolute atomic E-state index is 0.0762. The number of carbonyl (C=O) groups is 3. The fourth-order valence-electron chi connectivity index (χ4n) is 8.29. The second kappa shape index (κ2) is 57.4. The van der Waals surface area contributed by atoms with Crippen molar-refractivity contribution in [3.63, 3.8) is 0 Å². The number of esters is 3. The molecule has 0 N–H and O–H groups in total. The van der Waals surface area contributed by atoms with Gasteiger partial charge < -0.3 is 14.2 Å². The second-order valence-electron chi connectivity index (χ2n) is 19.5. The predicted octanol–water partition coefficient (Wildman–Crippen LogP) is 19.8. The fraction of sp³-hybridized carbons (Fsp3) is 0.762. The average Bonchev–Trinajstić information content (AvgIpc) is 3.35. The molecule has 1 unspecified atom stereocenters. The summed E-state index contributed by atoms with van der Waals surface area (Å²) in [5.74, 6) is -0.880. The molecule has 0 bridgehead atoms. The van der Waals surface area contributed by atoms with Gasteiger partial charge in [0, 0.05) is 19.3 Å². The van der Waals surface area contributed by atoms with Crippen LogP contribution in [0.4, 0.5) is 0 Å². The van der Waals surface area contributed by atoms with Crippen LogP contribution in [0.5, 0.6) is 0 Å². The molecule has 0 aromatic carbocycles. The van der Waals surface area contributed by atoms with Crippen LogP contribution >= 0.6 is 0 Å². The van der Waals surface area contributed by atoms with Crippen LogP contribution in [-0.2, 0) is 28.6 Å². The lowest BCUT2D eigenvalue weighted by atomic mass is 10.0. The molecular weight excluding hydrogens is 853 g/mol. The van der Waals surface area contributed by atoms with E-state index in [1.54, 1.807) is 0 Å². The lowest BCUT2D eigenvalue weighted by Gasteiger charge is -2.18. The minimum Gasteiger partial charge on any atom is -0.462 e. The molecule has 0 fully saturated rings. The fourth-order valence-corrected chi connectivity index (χ4v) is 8.29. The van der Waals surface area contributed by atoms with Gasteiger partial charge in [-0.15, -0.1) is 0 Å². The molecule has 0 rings (SSSR count). The van der Waals surface area contributed by atoms with Crippen molar-refractivity contribution in [2.45, 2.75) is 297 Å². The van der Waals surface area contributed by atoms with E-state index in [1.807, 2.05) is 0 Å². The molecule has 69 heavy (non-hydrogen) atoms. The van der Waals surface area contributed by atoms with Crippen LogP contribution in [0.1, 0.15) is 290 Å². The summed E-state index contributed by atoms with van der Waals surface area (Å²) in [6.07, 6.45) is 73.3. The van der Waals surface area contributed by atoms with Gasteiger partial charge in [0.25, 0.3) is 0 Å². The zero-order valence-corrected chi connectivity index (χ0v) is 45.6. The predicted molar refractivity (Wildman–Crippen MR) is 298 cm³/mol. The first-order valence-corrected chi connectivity index (χ1v) is 29.4. The topological polar surface area (TPSA) is 78.9 Å². The van der Waals surface area contributed by atoms with E-state index in [9.17, 15) is 14.4 Å². The van der Waals surface area contributed by atoms with Crippen molar-refractivity contribution in [3.8, 4) is 0 Å². The first kappa shape index (κ1) is 65.8. The van der Waals surface area contributed by atoms with Crippen LogP contribution in [0.15, 0.2) is 72.9 Å². The van der Waals surface area contributed by atoms with Crippen LogP contribution in [-0.4, -0.2) is 37.2 Å². The van der Waals surface area contributed by atoms with Crippen LogP contribution in [0.2, 0.25) is 0 Å². The Morgan fingerprint density at radius 2 is 0.565 bits per heavy atom. The van der Waals surface area contributed by atoms with Gasteiger partial charge in [0.1, 0.15) is 13.2 Å². The van der Waals surface area contributed by atoms with Crippen molar-refractivity contribution in [1.29, 1.82) is 0 Å². The third-order valence-corrected chi connectivity index (χ3v) is 12.7. The van der Waals surface area contributed by atoms with Crippen molar-refractivity contribution in [2.24, 2.45) is 0 Å². The normalized spacial score (nSPS) is 12.6. The third kappa shape index (κ3) is 55.6. The number of carbonyl (C=O) groups excluding carboxylic acids is 3. The van der Waals surface area contributed by atoms with E-state index in [1.165, 1.54) is 148 Å². The Bertz CT molecular complexity index is 1290. The minimum atomic E-state index is -0.777. The maximum atomic E-state index is 12.8. The molecule has 0 aliphatic carbocycles. The van der Waals surface area contributed by atoms with Gasteiger partial charge in [0.05, 0.1) is 0 Å². The van der Waals surface area contributed by atoms with Gasteiger partial charge in [0.15, 0.2) is 6.10 Å². The molecule has 0 saturated heterocycles. The second-order valence-corrected chi connectivity index (χ2v) is 19.5. The van der Waals surface area contributed by atoms with E-state index in [2.05, 4.69) is 93.7 Å². The molecule has 398 valence electrons. The standard InChI is InChI=1S/C63H110O6/c1-4-7-10-13-16-19-22-25-26-27-28-29-30-31-32-33-34-35-36-37-38-39-42-44-47-50-53-56-62(65)68-59-60(69-63(66)57-54-51-48-45-41-24-21-18-15-12-9-6-3)58-67-61(64)55-52-49-46-43-40-23-20-17-14-11-8-5-2/h7,10,16,18-19,21,25-26,28-29,31-32,60H,4-6,8-9,11-15,17,20,22-24,27,30,33-59H2,1-3H3/b10-7-,19-16-,21-18-,26-25-,29-28-,32-31-. The number of hydrogen-bond acceptors (Lipinski definition) is 6. The molecule has 0 aromatic rings. The summed E-state index contributed by atoms with van der Waals surface area (Å²) >= 11 is 0. The largest absolute Gasteiger partial charge is 0.462 e. The maximum Gasteiger partial charge on any atom is 0.306 e. The summed E-state index contributed by atoms with van der Waals surface area (Å²) in [4.78, 5) is 38.1. The molecule has 1 atom stereocenters. The van der Waals surface area contributed by atoms with Crippen molar-refractivity contribution < 1.29 is 28.6 Å². The molecule has 6 heteroatoms. The smallest absolute Gasteiger partial charge is 0.306 e. The third-order valence-electron chi connectivity index (χ3n) is 12.7. The molecule has 0 saturated carbocycles. The summed E-state index contributed by atoms with van der Waals surface area (Å²) in [6.45, 7) is 6.51. The van der Waals surface area contributed by atoms with Gasteiger partial charge in [0.2, 0.25) is 0 Å². The SMILES string of the molecule is CC/C=C\C/C=C\C/C=C\C/C=C\C/C=C\CCCCCCCCCCCCCC(=O)OCC(COC(=O)CCCCCCCCCCCCCC)OC(=O)CCCCCCC/C=C\CCCCC. The quantitative estimate of drug-likeness (QED) is 0.0262. The molecule has 0 radical (unpaired) electrons. The zero-order chi connectivity index (χ0) is 50.0. The summed E-state index contributed by atoms with van der Waals surface area (Å²) < 4.78 is 16.8. The van der Waals surface area contributed by atoms with Crippen molar-refractivity contribution in [2.75, 3.05) is 13.2 Å². The van der Waals surface area contributed by atoms with E-state index in [0.29, 0.717) is 19.3 Å². The monoisotopic (exact) mass is 963 g/mol. The summed E-state index contributed by atoms with van der Waals surface area (Å²) in [6, 6.07) is 0. The van der Waals surface area contributed by atoms with Crippen LogP contribution in [0, 0.1) is 0 Å². The van der Waals surface area contributed by atoms with Crippen LogP contribution < -0.4 is 0 Å². The highest BCUT2D eigenvalue weighted by Crippen LogP contribution is 2.16. The van der Waals surface area contributed by atoms with Crippen molar-refractivity contribution >= 4 is 17.9 Å². The first-order valence-electron chi connectivity index (χ1n) is 29.4. The Morgan fingerprint density at radius 3 is 0.928 bits per heavy atom. The van der Waals surface area contributed by atoms with Crippen molar-refractivity contribution in [1.82, 2.24) is 0 Å². The maximum absolute atomic E-state index is 12.8. The molecule has 0 heterocycles. The first-order chi connectivity index (χ1) is 34.0. The van der Waals surface area contributed by atoms with Crippen molar-refractivity contribution in [3.05, 3.63) is 72.9 Å². The van der Waals surface area contributed by atoms with Gasteiger partial charge >= 0.3 is 17.9 Å². The Morgan fingerprint density at radius 1 is 0.304 bits per heavy atom. The number of rotatable bonds is 53. The lowest BCUT2D eigenvalue weighted by molar-refractivity contribution is -0.167. The number of unbranched alkanes of at least 4 members (excludes halogenated alkanes) is 30. The average molecular weight is 964 g/mol. The van der Waals surface area contributed by atoms with Gasteiger partial charge in [-0.05, 0) is 89.9 Å². The lowest BCUT2D eigenvalue weighted by Crippen LogP contribution is -2.30. The van der Waals surface area contributed by atoms with Crippen LogP contribution in [0.3, 0.4) is 0 Å². The molecule has 0 aliphatic heterocycles. The van der Waals surface area contributed by atoms with E-state index >= 15 is 0 Å². The molecule has 0 amide bonds.